The smallest absolute Gasteiger partial charge is 0.416 e. The molecule has 5 rings (SSSR count). The molecule has 2 aliphatic carbocycles. The Bertz CT molecular complexity index is 900. The van der Waals surface area contributed by atoms with E-state index in [2.05, 4.69) is 20.5 Å². The number of halogens is 1. The van der Waals surface area contributed by atoms with Crippen molar-refractivity contribution < 1.29 is 14.3 Å². The fourth-order valence-electron chi connectivity index (χ4n) is 5.06. The molecule has 1 spiro atoms. The Morgan fingerprint density at radius 1 is 1.06 bits per heavy atom. The third kappa shape index (κ3) is 5.66. The molecule has 3 heterocycles. The average molecular weight is 474 g/mol. The highest BCUT2D eigenvalue weighted by Gasteiger charge is 2.47. The molecule has 33 heavy (non-hydrogen) atoms. The van der Waals surface area contributed by atoms with Gasteiger partial charge in [-0.05, 0) is 75.5 Å². The monoisotopic (exact) mass is 473 g/mol. The molecule has 0 aromatic carbocycles. The van der Waals surface area contributed by atoms with Gasteiger partial charge in [0.25, 0.3) is 0 Å². The quantitative estimate of drug-likeness (QED) is 0.631. The zero-order chi connectivity index (χ0) is 21.8. The Balaban J connectivity index is 0.00000259. The van der Waals surface area contributed by atoms with Gasteiger partial charge in [-0.2, -0.15) is 0 Å². The average Bonchev–Trinajstić information content (AvgIpc) is 3.16. The molecule has 0 radical (unpaired) electrons. The Labute approximate surface area is 200 Å². The predicted molar refractivity (Wildman–Crippen MR) is 128 cm³/mol. The Kier molecular flexibility index (Phi) is 7.53. The number of hydrogen-bond acceptors (Lipinski definition) is 7. The van der Waals surface area contributed by atoms with E-state index in [-0.39, 0.29) is 30.2 Å². The molecule has 0 atom stereocenters. The van der Waals surface area contributed by atoms with E-state index in [0.717, 1.165) is 50.9 Å². The first-order chi connectivity index (χ1) is 15.7. The summed E-state index contributed by atoms with van der Waals surface area (Å²) in [6, 6.07) is 9.44. The van der Waals surface area contributed by atoms with Crippen molar-refractivity contribution in [2.24, 2.45) is 5.92 Å². The van der Waals surface area contributed by atoms with Crippen molar-refractivity contribution in [1.29, 1.82) is 0 Å². The molecule has 3 aliphatic rings. The molecule has 2 aromatic rings. The first-order valence-electron chi connectivity index (χ1n) is 11.8. The van der Waals surface area contributed by atoms with E-state index < -0.39 is 0 Å². The fraction of sp³-hybridized carbons (Fsp3) is 0.583. The molecule has 1 saturated heterocycles. The lowest BCUT2D eigenvalue weighted by Gasteiger charge is -2.35. The Morgan fingerprint density at radius 3 is 2.58 bits per heavy atom. The highest BCUT2D eigenvalue weighted by molar-refractivity contribution is 5.89. The van der Waals surface area contributed by atoms with Crippen LogP contribution < -0.4 is 15.0 Å². The number of anilines is 2. The lowest BCUT2D eigenvalue weighted by molar-refractivity contribution is 0.0148. The summed E-state index contributed by atoms with van der Waals surface area (Å²) in [6.07, 6.45) is 11.5. The predicted octanol–water partition coefficient (Wildman–Crippen LogP) is 5.00. The molecule has 8 nitrogen and oxygen atoms in total. The Morgan fingerprint density at radius 2 is 1.88 bits per heavy atom. The van der Waals surface area contributed by atoms with Crippen LogP contribution in [0.1, 0.15) is 57.8 Å². The van der Waals surface area contributed by atoms with Crippen LogP contribution in [0.25, 0.3) is 0 Å². The van der Waals surface area contributed by atoms with Gasteiger partial charge >= 0.3 is 6.09 Å². The third-order valence-corrected chi connectivity index (χ3v) is 6.96. The van der Waals surface area contributed by atoms with Gasteiger partial charge in [-0.15, -0.1) is 22.6 Å². The molecule has 2 aromatic heterocycles. The van der Waals surface area contributed by atoms with Gasteiger partial charge < -0.3 is 14.8 Å². The highest BCUT2D eigenvalue weighted by Crippen LogP contribution is 2.40. The van der Waals surface area contributed by atoms with E-state index >= 15 is 0 Å². The zero-order valence-corrected chi connectivity index (χ0v) is 19.6. The van der Waals surface area contributed by atoms with Crippen LogP contribution in [0.2, 0.25) is 0 Å². The van der Waals surface area contributed by atoms with Gasteiger partial charge in [-0.25, -0.2) is 9.78 Å². The second-order valence-corrected chi connectivity index (χ2v) is 9.28. The summed E-state index contributed by atoms with van der Waals surface area (Å²) in [4.78, 5) is 18.4. The zero-order valence-electron chi connectivity index (χ0n) is 18.8. The molecule has 9 heteroatoms. The lowest BCUT2D eigenvalue weighted by atomic mass is 9.78. The van der Waals surface area contributed by atoms with Crippen molar-refractivity contribution in [3.63, 3.8) is 0 Å². The SMILES string of the molecule is Cl.O=C1O[C@]2(CC[C@H](CNc3ccc(OC4CCCCC4)nn3)CC2)CN1c1ccccn1. The van der Waals surface area contributed by atoms with E-state index in [1.165, 1.54) is 19.3 Å². The molecule has 0 unspecified atom stereocenters. The molecule has 178 valence electrons. The van der Waals surface area contributed by atoms with Gasteiger partial charge in [0.05, 0.1) is 6.54 Å². The summed E-state index contributed by atoms with van der Waals surface area (Å²) in [5.41, 5.74) is -0.386. The maximum absolute atomic E-state index is 12.4. The summed E-state index contributed by atoms with van der Waals surface area (Å²) >= 11 is 0. The molecular formula is C24H32ClN5O3. The molecule has 3 fully saturated rings. The molecule has 0 bridgehead atoms. The maximum Gasteiger partial charge on any atom is 0.416 e. The van der Waals surface area contributed by atoms with Crippen LogP contribution in [0.3, 0.4) is 0 Å². The van der Waals surface area contributed by atoms with Crippen LogP contribution in [0.5, 0.6) is 5.88 Å². The van der Waals surface area contributed by atoms with Crippen molar-refractivity contribution in [3.8, 4) is 5.88 Å². The van der Waals surface area contributed by atoms with Crippen LogP contribution in [0.4, 0.5) is 16.4 Å². The van der Waals surface area contributed by atoms with Crippen molar-refractivity contribution in [2.75, 3.05) is 23.3 Å². The van der Waals surface area contributed by atoms with Crippen molar-refractivity contribution in [2.45, 2.75) is 69.5 Å². The summed E-state index contributed by atoms with van der Waals surface area (Å²) in [7, 11) is 0. The number of rotatable bonds is 6. The fourth-order valence-corrected chi connectivity index (χ4v) is 5.06. The summed E-state index contributed by atoms with van der Waals surface area (Å²) in [5, 5.41) is 11.9. The molecule has 1 amide bonds. The minimum absolute atomic E-state index is 0. The number of carbonyl (C=O) groups excluding carboxylic acids is 1. The molecule has 1 aliphatic heterocycles. The van der Waals surface area contributed by atoms with Crippen LogP contribution >= 0.6 is 12.4 Å². The number of amides is 1. The summed E-state index contributed by atoms with van der Waals surface area (Å²) in [5.74, 6) is 2.56. The first kappa shape index (κ1) is 23.5. The van der Waals surface area contributed by atoms with Gasteiger partial charge in [-0.3, -0.25) is 4.90 Å². The van der Waals surface area contributed by atoms with Crippen molar-refractivity contribution >= 4 is 30.1 Å². The summed E-state index contributed by atoms with van der Waals surface area (Å²) in [6.45, 7) is 1.42. The molecular weight excluding hydrogens is 442 g/mol. The summed E-state index contributed by atoms with van der Waals surface area (Å²) < 4.78 is 11.8. The standard InChI is InChI=1S/C24H31N5O3.ClH/c30-23-29(21-8-4-5-15-25-21)17-24(32-23)13-11-18(12-14-24)16-26-20-9-10-22(28-27-20)31-19-6-2-1-3-7-19;/h4-5,8-10,15,18-19H,1-3,6-7,11-14,16-17H2,(H,26,27);1H/t18-,24-;. The minimum Gasteiger partial charge on any atom is -0.473 e. The van der Waals surface area contributed by atoms with E-state index in [1.807, 2.05) is 30.3 Å². The maximum atomic E-state index is 12.4. The number of aromatic nitrogens is 3. The third-order valence-electron chi connectivity index (χ3n) is 6.96. The second-order valence-electron chi connectivity index (χ2n) is 9.28. The molecule has 2 saturated carbocycles. The topological polar surface area (TPSA) is 89.5 Å². The van der Waals surface area contributed by atoms with Gasteiger partial charge in [0, 0.05) is 18.8 Å². The van der Waals surface area contributed by atoms with Crippen LogP contribution in [0.15, 0.2) is 36.5 Å². The van der Waals surface area contributed by atoms with Gasteiger partial charge in [-0.1, -0.05) is 12.5 Å². The van der Waals surface area contributed by atoms with Gasteiger partial charge in [0.15, 0.2) is 0 Å². The molecule has 1 N–H and O–H groups in total. The van der Waals surface area contributed by atoms with Crippen LogP contribution in [-0.4, -0.2) is 46.1 Å². The van der Waals surface area contributed by atoms with E-state index in [1.54, 1.807) is 11.1 Å². The van der Waals surface area contributed by atoms with E-state index in [9.17, 15) is 4.79 Å². The second kappa shape index (κ2) is 10.5. The minimum atomic E-state index is -0.386. The number of nitrogens with zero attached hydrogens (tertiary/aromatic N) is 4. The number of nitrogens with one attached hydrogen (secondary N) is 1. The van der Waals surface area contributed by atoms with Gasteiger partial charge in [0.2, 0.25) is 5.88 Å². The van der Waals surface area contributed by atoms with E-state index in [0.29, 0.717) is 24.2 Å². The van der Waals surface area contributed by atoms with Gasteiger partial charge in [0.1, 0.15) is 23.3 Å². The van der Waals surface area contributed by atoms with E-state index in [4.69, 9.17) is 9.47 Å². The largest absolute Gasteiger partial charge is 0.473 e. The number of hydrogen-bond donors (Lipinski definition) is 1. The first-order valence-corrected chi connectivity index (χ1v) is 11.8. The van der Waals surface area contributed by atoms with Crippen LogP contribution in [0, 0.1) is 5.92 Å². The highest BCUT2D eigenvalue weighted by atomic mass is 35.5. The Hall–Kier alpha value is -2.61. The van der Waals surface area contributed by atoms with Crippen molar-refractivity contribution in [3.05, 3.63) is 36.5 Å². The van der Waals surface area contributed by atoms with Crippen LogP contribution in [-0.2, 0) is 4.74 Å². The number of ether oxygens (including phenoxy) is 2. The lowest BCUT2D eigenvalue weighted by Crippen LogP contribution is -2.39. The normalized spacial score (nSPS) is 25.4. The number of pyridine rings is 1. The van der Waals surface area contributed by atoms with Crippen molar-refractivity contribution in [1.82, 2.24) is 15.2 Å². The number of carbonyl (C=O) groups is 1.